The molecule has 3 aromatic rings. The van der Waals surface area contributed by atoms with E-state index in [0.29, 0.717) is 22.7 Å². The van der Waals surface area contributed by atoms with E-state index in [4.69, 9.17) is 4.74 Å². The van der Waals surface area contributed by atoms with Gasteiger partial charge in [-0.2, -0.15) is 0 Å². The molecule has 0 atom stereocenters. The molecule has 23 heavy (non-hydrogen) atoms. The second-order valence-corrected chi connectivity index (χ2v) is 4.79. The number of hydrogen-bond acceptors (Lipinski definition) is 6. The van der Waals surface area contributed by atoms with Crippen LogP contribution in [-0.4, -0.2) is 25.8 Å². The number of aryl methyl sites for hydroxylation is 1. The second-order valence-electron chi connectivity index (χ2n) is 4.79. The van der Waals surface area contributed by atoms with Crippen LogP contribution in [0.15, 0.2) is 55.6 Å². The molecule has 114 valence electrons. The zero-order valence-electron chi connectivity index (χ0n) is 12.3. The van der Waals surface area contributed by atoms with Gasteiger partial charge in [-0.25, -0.2) is 9.97 Å². The van der Waals surface area contributed by atoms with E-state index < -0.39 is 0 Å². The Morgan fingerprint density at radius 2 is 1.65 bits per heavy atom. The van der Waals surface area contributed by atoms with Crippen LogP contribution >= 0.6 is 0 Å². The summed E-state index contributed by atoms with van der Waals surface area (Å²) in [7, 11) is 0. The molecule has 0 fully saturated rings. The highest BCUT2D eigenvalue weighted by atomic mass is 16.5. The van der Waals surface area contributed by atoms with Crippen molar-refractivity contribution in [3.05, 3.63) is 66.8 Å². The number of amides is 1. The first-order valence-electron chi connectivity index (χ1n) is 6.81. The third-order valence-corrected chi connectivity index (χ3v) is 2.88. The van der Waals surface area contributed by atoms with Crippen molar-refractivity contribution in [1.29, 1.82) is 0 Å². The lowest BCUT2D eigenvalue weighted by molar-refractivity contribution is 0.102. The lowest BCUT2D eigenvalue weighted by atomic mass is 10.2. The van der Waals surface area contributed by atoms with E-state index >= 15 is 0 Å². The minimum absolute atomic E-state index is 0.261. The molecule has 7 heteroatoms. The van der Waals surface area contributed by atoms with Crippen LogP contribution in [0.4, 0.5) is 5.69 Å². The van der Waals surface area contributed by atoms with E-state index in [1.807, 2.05) is 6.92 Å². The van der Waals surface area contributed by atoms with Crippen molar-refractivity contribution in [3.8, 4) is 11.5 Å². The lowest BCUT2D eigenvalue weighted by Gasteiger charge is -2.08. The molecule has 7 nitrogen and oxygen atoms in total. The highest BCUT2D eigenvalue weighted by Gasteiger charge is 2.08. The minimum atomic E-state index is -0.261. The average molecular weight is 307 g/mol. The first-order valence-corrected chi connectivity index (χ1v) is 6.81. The molecule has 1 N–H and O–H groups in total. The Kier molecular flexibility index (Phi) is 4.19. The third-order valence-electron chi connectivity index (χ3n) is 2.88. The van der Waals surface area contributed by atoms with E-state index in [1.54, 1.807) is 18.3 Å². The first-order chi connectivity index (χ1) is 11.2. The van der Waals surface area contributed by atoms with Gasteiger partial charge < -0.3 is 10.1 Å². The predicted octanol–water partition coefficient (Wildman–Crippen LogP) is 2.62. The molecule has 0 bridgehead atoms. The van der Waals surface area contributed by atoms with Gasteiger partial charge in [-0.1, -0.05) is 0 Å². The lowest BCUT2D eigenvalue weighted by Crippen LogP contribution is -2.12. The van der Waals surface area contributed by atoms with Gasteiger partial charge in [-0.15, -0.1) is 0 Å². The van der Waals surface area contributed by atoms with Crippen LogP contribution in [0.1, 0.15) is 15.9 Å². The summed E-state index contributed by atoms with van der Waals surface area (Å²) in [5.74, 6) is 0.698. The molecule has 0 aliphatic rings. The van der Waals surface area contributed by atoms with Gasteiger partial charge in [0.25, 0.3) is 5.91 Å². The Bertz CT molecular complexity index is 823. The van der Waals surface area contributed by atoms with Crippen molar-refractivity contribution < 1.29 is 9.53 Å². The second kappa shape index (κ2) is 6.61. The summed E-state index contributed by atoms with van der Waals surface area (Å²) in [5, 5.41) is 2.76. The Balaban J connectivity index is 1.74. The summed E-state index contributed by atoms with van der Waals surface area (Å²) < 4.78 is 5.57. The van der Waals surface area contributed by atoms with E-state index in [0.717, 1.165) is 5.56 Å². The highest BCUT2D eigenvalue weighted by molar-refractivity contribution is 6.04. The number of rotatable bonds is 4. The summed E-state index contributed by atoms with van der Waals surface area (Å²) in [6, 6.07) is 3.43. The zero-order valence-corrected chi connectivity index (χ0v) is 12.3. The Morgan fingerprint density at radius 1 is 0.913 bits per heavy atom. The quantitative estimate of drug-likeness (QED) is 0.797. The number of hydrogen-bond donors (Lipinski definition) is 1. The molecule has 0 unspecified atom stereocenters. The molecule has 0 saturated carbocycles. The largest absolute Gasteiger partial charge is 0.452 e. The molecule has 1 amide bonds. The highest BCUT2D eigenvalue weighted by Crippen LogP contribution is 2.21. The topological polar surface area (TPSA) is 89.9 Å². The zero-order chi connectivity index (χ0) is 16.1. The van der Waals surface area contributed by atoms with Gasteiger partial charge in [-0.3, -0.25) is 14.8 Å². The maximum absolute atomic E-state index is 12.2. The van der Waals surface area contributed by atoms with Gasteiger partial charge in [0.2, 0.25) is 0 Å². The number of aromatic nitrogens is 4. The summed E-state index contributed by atoms with van der Waals surface area (Å²) in [6.45, 7) is 1.88. The number of carbonyl (C=O) groups excluding carboxylic acids is 1. The van der Waals surface area contributed by atoms with E-state index in [9.17, 15) is 4.79 Å². The summed E-state index contributed by atoms with van der Waals surface area (Å²) in [4.78, 5) is 28.0. The monoisotopic (exact) mass is 307 g/mol. The van der Waals surface area contributed by atoms with Crippen LogP contribution in [0.2, 0.25) is 0 Å². The summed E-state index contributed by atoms with van der Waals surface area (Å²) in [5.41, 5.74) is 1.91. The fourth-order valence-electron chi connectivity index (χ4n) is 1.90. The normalized spacial score (nSPS) is 10.1. The number of ether oxygens (including phenoxy) is 1. The standard InChI is InChI=1S/C16H13N5O2/c1-11-2-12(5-17-4-11)16(22)21-13-3-14(7-18-6-13)23-15-8-19-10-20-9-15/h2-10H,1H3,(H,21,22). The molecule has 0 aliphatic carbocycles. The molecule has 0 aliphatic heterocycles. The SMILES string of the molecule is Cc1cncc(C(=O)Nc2cncc(Oc3cncnc3)c2)c1. The molecule has 0 spiro atoms. The summed E-state index contributed by atoms with van der Waals surface area (Å²) in [6.07, 6.45) is 10.8. The first kappa shape index (κ1) is 14.6. The molecule has 3 rings (SSSR count). The van der Waals surface area contributed by atoms with E-state index in [2.05, 4.69) is 25.3 Å². The molecule has 0 radical (unpaired) electrons. The maximum Gasteiger partial charge on any atom is 0.257 e. The van der Waals surface area contributed by atoms with Gasteiger partial charge in [0.05, 0.1) is 36.0 Å². The van der Waals surface area contributed by atoms with Gasteiger partial charge in [0.15, 0.2) is 5.75 Å². The van der Waals surface area contributed by atoms with Crippen molar-refractivity contribution in [2.24, 2.45) is 0 Å². The molecule has 3 aromatic heterocycles. The summed E-state index contributed by atoms with van der Waals surface area (Å²) >= 11 is 0. The van der Waals surface area contributed by atoms with Crippen molar-refractivity contribution >= 4 is 11.6 Å². The molecule has 0 aromatic carbocycles. The minimum Gasteiger partial charge on any atom is -0.452 e. The Labute approximate surface area is 132 Å². The Hall–Kier alpha value is -3.35. The van der Waals surface area contributed by atoms with Crippen molar-refractivity contribution in [2.75, 3.05) is 5.32 Å². The van der Waals surface area contributed by atoms with Gasteiger partial charge >= 0.3 is 0 Å². The number of nitrogens with zero attached hydrogens (tertiary/aromatic N) is 4. The van der Waals surface area contributed by atoms with Crippen molar-refractivity contribution in [2.45, 2.75) is 6.92 Å². The van der Waals surface area contributed by atoms with Crippen molar-refractivity contribution in [1.82, 2.24) is 19.9 Å². The molecule has 3 heterocycles. The fraction of sp³-hybridized carbons (Fsp3) is 0.0625. The van der Waals surface area contributed by atoms with Crippen LogP contribution in [0, 0.1) is 6.92 Å². The molecular formula is C16H13N5O2. The molecular weight excluding hydrogens is 294 g/mol. The van der Waals surface area contributed by atoms with E-state index in [1.165, 1.54) is 37.3 Å². The van der Waals surface area contributed by atoms with Crippen LogP contribution in [0.25, 0.3) is 0 Å². The van der Waals surface area contributed by atoms with Crippen LogP contribution < -0.4 is 10.1 Å². The number of pyridine rings is 2. The fourth-order valence-corrected chi connectivity index (χ4v) is 1.90. The smallest absolute Gasteiger partial charge is 0.257 e. The van der Waals surface area contributed by atoms with Gasteiger partial charge in [0.1, 0.15) is 12.1 Å². The van der Waals surface area contributed by atoms with Crippen molar-refractivity contribution in [3.63, 3.8) is 0 Å². The van der Waals surface area contributed by atoms with E-state index in [-0.39, 0.29) is 5.91 Å². The number of anilines is 1. The molecule has 0 saturated heterocycles. The van der Waals surface area contributed by atoms with Crippen LogP contribution in [0.3, 0.4) is 0 Å². The predicted molar refractivity (Wildman–Crippen MR) is 83.3 cm³/mol. The third kappa shape index (κ3) is 3.85. The van der Waals surface area contributed by atoms with Crippen LogP contribution in [0.5, 0.6) is 11.5 Å². The van der Waals surface area contributed by atoms with Crippen LogP contribution in [-0.2, 0) is 0 Å². The average Bonchev–Trinajstić information content (AvgIpc) is 2.56. The van der Waals surface area contributed by atoms with Gasteiger partial charge in [0, 0.05) is 18.5 Å². The number of carbonyl (C=O) groups is 1. The Morgan fingerprint density at radius 3 is 2.43 bits per heavy atom. The number of nitrogens with one attached hydrogen (secondary N) is 1. The maximum atomic E-state index is 12.2. The van der Waals surface area contributed by atoms with Gasteiger partial charge in [-0.05, 0) is 18.6 Å².